The predicted octanol–water partition coefficient (Wildman–Crippen LogP) is 1.46. The lowest BCUT2D eigenvalue weighted by Crippen LogP contribution is -2.41. The molecule has 0 radical (unpaired) electrons. The Balaban J connectivity index is 1.82. The Hall–Kier alpha value is -1.66. The number of rotatable bonds is 4. The van der Waals surface area contributed by atoms with Crippen molar-refractivity contribution in [3.05, 3.63) is 24.0 Å². The van der Waals surface area contributed by atoms with Crippen molar-refractivity contribution < 1.29 is 13.9 Å². The van der Waals surface area contributed by atoms with Crippen molar-refractivity contribution in [1.82, 2.24) is 4.90 Å². The number of piperidine rings is 1. The third-order valence-electron chi connectivity index (χ3n) is 3.51. The number of amides is 1. The van der Waals surface area contributed by atoms with Crippen molar-refractivity contribution in [2.75, 3.05) is 37.8 Å². The Bertz CT molecular complexity index is 473. The van der Waals surface area contributed by atoms with E-state index in [-0.39, 0.29) is 11.6 Å². The molecule has 0 saturated carbocycles. The molecule has 1 heterocycles. The second-order valence-electron chi connectivity index (χ2n) is 5.00. The van der Waals surface area contributed by atoms with Gasteiger partial charge >= 0.3 is 0 Å². The summed E-state index contributed by atoms with van der Waals surface area (Å²) in [5, 5.41) is 2.72. The highest BCUT2D eigenvalue weighted by Crippen LogP contribution is 2.17. The molecule has 6 heteroatoms. The molecule has 1 aromatic carbocycles. The fraction of sp³-hybridized carbons (Fsp3) is 0.500. The van der Waals surface area contributed by atoms with Gasteiger partial charge in [0.2, 0.25) is 5.91 Å². The van der Waals surface area contributed by atoms with Crippen LogP contribution in [0.2, 0.25) is 0 Å². The molecule has 3 N–H and O–H groups in total. The molecule has 20 heavy (non-hydrogen) atoms. The van der Waals surface area contributed by atoms with Gasteiger partial charge in [0.05, 0.1) is 18.3 Å². The van der Waals surface area contributed by atoms with Crippen molar-refractivity contribution in [3.63, 3.8) is 0 Å². The number of nitrogens with one attached hydrogen (secondary N) is 1. The lowest BCUT2D eigenvalue weighted by Gasteiger charge is -2.30. The van der Waals surface area contributed by atoms with Crippen LogP contribution in [-0.4, -0.2) is 43.7 Å². The van der Waals surface area contributed by atoms with E-state index in [0.717, 1.165) is 25.9 Å². The molecule has 110 valence electrons. The number of nitrogens with zero attached hydrogens (tertiary/aromatic N) is 1. The molecule has 0 bridgehead atoms. The molecule has 0 unspecified atom stereocenters. The lowest BCUT2D eigenvalue weighted by atomic mass is 10.1. The summed E-state index contributed by atoms with van der Waals surface area (Å²) < 4.78 is 18.3. The lowest BCUT2D eigenvalue weighted by molar-refractivity contribution is -0.117. The van der Waals surface area contributed by atoms with Gasteiger partial charge in [-0.2, -0.15) is 0 Å². The van der Waals surface area contributed by atoms with Crippen LogP contribution < -0.4 is 11.1 Å². The number of hydrogen-bond acceptors (Lipinski definition) is 4. The minimum absolute atomic E-state index is 0.0312. The largest absolute Gasteiger partial charge is 0.396 e. The van der Waals surface area contributed by atoms with E-state index < -0.39 is 5.82 Å². The maximum Gasteiger partial charge on any atom is 0.238 e. The van der Waals surface area contributed by atoms with E-state index in [2.05, 4.69) is 10.2 Å². The van der Waals surface area contributed by atoms with E-state index in [1.54, 1.807) is 7.11 Å². The maximum atomic E-state index is 13.0. The van der Waals surface area contributed by atoms with E-state index in [0.29, 0.717) is 18.3 Å². The van der Waals surface area contributed by atoms with Gasteiger partial charge in [0.1, 0.15) is 5.82 Å². The summed E-state index contributed by atoms with van der Waals surface area (Å²) in [4.78, 5) is 14.0. The van der Waals surface area contributed by atoms with Crippen LogP contribution in [0.3, 0.4) is 0 Å². The molecule has 0 atom stereocenters. The first-order valence-corrected chi connectivity index (χ1v) is 6.68. The highest BCUT2D eigenvalue weighted by Gasteiger charge is 2.20. The summed E-state index contributed by atoms with van der Waals surface area (Å²) in [5.74, 6) is -0.600. The number of halogens is 1. The molecule has 1 saturated heterocycles. The number of likely N-dealkylation sites (tertiary alicyclic amines) is 1. The maximum absolute atomic E-state index is 13.0. The summed E-state index contributed by atoms with van der Waals surface area (Å²) >= 11 is 0. The minimum Gasteiger partial charge on any atom is -0.396 e. The topological polar surface area (TPSA) is 67.6 Å². The van der Waals surface area contributed by atoms with E-state index in [4.69, 9.17) is 10.5 Å². The fourth-order valence-electron chi connectivity index (χ4n) is 2.33. The molecule has 1 fully saturated rings. The molecule has 1 amide bonds. The highest BCUT2D eigenvalue weighted by atomic mass is 19.1. The van der Waals surface area contributed by atoms with Crippen LogP contribution in [0.25, 0.3) is 0 Å². The Morgan fingerprint density at radius 3 is 2.80 bits per heavy atom. The fourth-order valence-corrected chi connectivity index (χ4v) is 2.33. The summed E-state index contributed by atoms with van der Waals surface area (Å²) in [6.45, 7) is 2.02. The number of anilines is 2. The molecular formula is C14H20FN3O2. The molecule has 1 aromatic rings. The van der Waals surface area contributed by atoms with E-state index >= 15 is 0 Å². The zero-order valence-corrected chi connectivity index (χ0v) is 11.6. The number of nitrogens with two attached hydrogens (primary N) is 1. The first kappa shape index (κ1) is 14.7. The van der Waals surface area contributed by atoms with Crippen molar-refractivity contribution in [2.24, 2.45) is 0 Å². The standard InChI is InChI=1S/C14H20FN3O2/c1-20-11-4-6-18(7-5-11)9-14(19)17-10-2-3-12(15)13(16)8-10/h2-3,8,11H,4-7,9,16H2,1H3,(H,17,19). The normalized spacial score (nSPS) is 17.1. The van der Waals surface area contributed by atoms with Crippen LogP contribution in [0.4, 0.5) is 15.8 Å². The Morgan fingerprint density at radius 1 is 1.50 bits per heavy atom. The zero-order chi connectivity index (χ0) is 14.5. The van der Waals surface area contributed by atoms with Crippen LogP contribution in [0.1, 0.15) is 12.8 Å². The van der Waals surface area contributed by atoms with Crippen LogP contribution in [0, 0.1) is 5.82 Å². The monoisotopic (exact) mass is 281 g/mol. The Morgan fingerprint density at radius 2 is 2.20 bits per heavy atom. The van der Waals surface area contributed by atoms with E-state index in [1.807, 2.05) is 0 Å². The zero-order valence-electron chi connectivity index (χ0n) is 11.6. The number of benzene rings is 1. The quantitative estimate of drug-likeness (QED) is 0.820. The number of ether oxygens (including phenoxy) is 1. The number of carbonyl (C=O) groups excluding carboxylic acids is 1. The van der Waals surface area contributed by atoms with Crippen molar-refractivity contribution >= 4 is 17.3 Å². The second-order valence-corrected chi connectivity index (χ2v) is 5.00. The SMILES string of the molecule is COC1CCN(CC(=O)Nc2ccc(F)c(N)c2)CC1. The van der Waals surface area contributed by atoms with Gasteiger partial charge in [-0.15, -0.1) is 0 Å². The Kier molecular flexibility index (Phi) is 4.92. The summed E-state index contributed by atoms with van der Waals surface area (Å²) in [6, 6.07) is 4.17. The third kappa shape index (κ3) is 3.91. The molecule has 1 aliphatic rings. The average Bonchev–Trinajstić information content (AvgIpc) is 2.44. The summed E-state index contributed by atoms with van der Waals surface area (Å²) in [7, 11) is 1.71. The summed E-state index contributed by atoms with van der Waals surface area (Å²) in [5.41, 5.74) is 6.01. The van der Waals surface area contributed by atoms with Gasteiger partial charge in [-0.1, -0.05) is 0 Å². The van der Waals surface area contributed by atoms with Gasteiger partial charge in [0.15, 0.2) is 0 Å². The molecular weight excluding hydrogens is 261 g/mol. The van der Waals surface area contributed by atoms with Gasteiger partial charge in [-0.3, -0.25) is 9.69 Å². The third-order valence-corrected chi connectivity index (χ3v) is 3.51. The first-order valence-electron chi connectivity index (χ1n) is 6.68. The minimum atomic E-state index is -0.482. The molecule has 2 rings (SSSR count). The van der Waals surface area contributed by atoms with E-state index in [1.165, 1.54) is 18.2 Å². The average molecular weight is 281 g/mol. The second kappa shape index (κ2) is 6.67. The van der Waals surface area contributed by atoms with Crippen molar-refractivity contribution in [1.29, 1.82) is 0 Å². The van der Waals surface area contributed by atoms with Crippen LogP contribution in [0.15, 0.2) is 18.2 Å². The molecule has 0 spiro atoms. The van der Waals surface area contributed by atoms with Gasteiger partial charge in [-0.05, 0) is 31.0 Å². The predicted molar refractivity (Wildman–Crippen MR) is 75.9 cm³/mol. The number of carbonyl (C=O) groups is 1. The summed E-state index contributed by atoms with van der Waals surface area (Å²) in [6.07, 6.45) is 2.17. The molecule has 5 nitrogen and oxygen atoms in total. The molecule has 0 aliphatic carbocycles. The van der Waals surface area contributed by atoms with Gasteiger partial charge in [-0.25, -0.2) is 4.39 Å². The molecule has 1 aliphatic heterocycles. The van der Waals surface area contributed by atoms with Crippen molar-refractivity contribution in [3.8, 4) is 0 Å². The smallest absolute Gasteiger partial charge is 0.238 e. The van der Waals surface area contributed by atoms with Crippen LogP contribution in [0.5, 0.6) is 0 Å². The first-order chi connectivity index (χ1) is 9.58. The van der Waals surface area contributed by atoms with Gasteiger partial charge in [0, 0.05) is 25.9 Å². The van der Waals surface area contributed by atoms with Crippen LogP contribution in [-0.2, 0) is 9.53 Å². The highest BCUT2D eigenvalue weighted by molar-refractivity contribution is 5.92. The van der Waals surface area contributed by atoms with Crippen LogP contribution >= 0.6 is 0 Å². The van der Waals surface area contributed by atoms with Gasteiger partial charge < -0.3 is 15.8 Å². The number of hydrogen-bond donors (Lipinski definition) is 2. The van der Waals surface area contributed by atoms with Crippen molar-refractivity contribution in [2.45, 2.75) is 18.9 Å². The molecule has 0 aromatic heterocycles. The Labute approximate surface area is 117 Å². The van der Waals surface area contributed by atoms with Gasteiger partial charge in [0.25, 0.3) is 0 Å². The number of methoxy groups -OCH3 is 1. The van der Waals surface area contributed by atoms with E-state index in [9.17, 15) is 9.18 Å². The number of nitrogen functional groups attached to an aromatic ring is 1.